The third-order valence-electron chi connectivity index (χ3n) is 2.72. The Labute approximate surface area is 101 Å². The fraction of sp³-hybridized carbons (Fsp3) is 0.462. The number of hydrogen-bond donors (Lipinski definition) is 2. The Morgan fingerprint density at radius 2 is 2.18 bits per heavy atom. The van der Waals surface area contributed by atoms with Crippen molar-refractivity contribution < 1.29 is 9.18 Å². The minimum absolute atomic E-state index is 0.200. The fourth-order valence-corrected chi connectivity index (χ4v) is 1.48. The molecule has 1 aromatic rings. The molecule has 0 aliphatic rings. The minimum atomic E-state index is -0.529. The topological polar surface area (TPSA) is 55.1 Å². The molecule has 0 aliphatic heterocycles. The standard InChI is InChI=1S/C13H19FN2O/c1-9(15)12(17)16-8-13(2,3)10-5-4-6-11(14)7-10/h4-7,9H,8,15H2,1-3H3,(H,16,17)/t9-/m0/s1. The summed E-state index contributed by atoms with van der Waals surface area (Å²) in [5, 5.41) is 2.75. The maximum atomic E-state index is 13.1. The second kappa shape index (κ2) is 5.27. The molecule has 0 spiro atoms. The first-order valence-corrected chi connectivity index (χ1v) is 5.62. The monoisotopic (exact) mass is 238 g/mol. The van der Waals surface area contributed by atoms with Crippen LogP contribution in [0.2, 0.25) is 0 Å². The maximum absolute atomic E-state index is 13.1. The first kappa shape index (κ1) is 13.6. The summed E-state index contributed by atoms with van der Waals surface area (Å²) >= 11 is 0. The number of halogens is 1. The Balaban J connectivity index is 2.72. The summed E-state index contributed by atoms with van der Waals surface area (Å²) in [5.41, 5.74) is 5.98. The van der Waals surface area contributed by atoms with Gasteiger partial charge in [-0.3, -0.25) is 4.79 Å². The molecule has 94 valence electrons. The van der Waals surface area contributed by atoms with E-state index in [4.69, 9.17) is 5.73 Å². The van der Waals surface area contributed by atoms with Gasteiger partial charge in [0.05, 0.1) is 6.04 Å². The van der Waals surface area contributed by atoms with Gasteiger partial charge in [0, 0.05) is 12.0 Å². The van der Waals surface area contributed by atoms with Crippen LogP contribution in [-0.2, 0) is 10.2 Å². The van der Waals surface area contributed by atoms with Gasteiger partial charge in [0.25, 0.3) is 0 Å². The van der Waals surface area contributed by atoms with Crippen LogP contribution in [0.25, 0.3) is 0 Å². The number of nitrogens with one attached hydrogen (secondary N) is 1. The van der Waals surface area contributed by atoms with Gasteiger partial charge in [-0.25, -0.2) is 4.39 Å². The van der Waals surface area contributed by atoms with Crippen LogP contribution in [0.3, 0.4) is 0 Å². The van der Waals surface area contributed by atoms with Gasteiger partial charge in [-0.05, 0) is 24.6 Å². The molecular formula is C13H19FN2O. The first-order valence-electron chi connectivity index (χ1n) is 5.62. The lowest BCUT2D eigenvalue weighted by molar-refractivity contribution is -0.122. The number of amides is 1. The Kier molecular flexibility index (Phi) is 4.23. The van der Waals surface area contributed by atoms with E-state index >= 15 is 0 Å². The van der Waals surface area contributed by atoms with Crippen LogP contribution < -0.4 is 11.1 Å². The highest BCUT2D eigenvalue weighted by Gasteiger charge is 2.22. The number of nitrogens with two attached hydrogens (primary N) is 1. The third-order valence-corrected chi connectivity index (χ3v) is 2.72. The molecule has 4 heteroatoms. The maximum Gasteiger partial charge on any atom is 0.236 e. The Morgan fingerprint density at radius 1 is 1.53 bits per heavy atom. The average molecular weight is 238 g/mol. The Bertz CT molecular complexity index is 402. The van der Waals surface area contributed by atoms with Crippen molar-refractivity contribution in [2.75, 3.05) is 6.54 Å². The molecule has 0 radical (unpaired) electrons. The predicted octanol–water partition coefficient (Wildman–Crippen LogP) is 1.57. The lowest BCUT2D eigenvalue weighted by atomic mass is 9.84. The molecule has 1 amide bonds. The molecule has 0 heterocycles. The number of hydrogen-bond acceptors (Lipinski definition) is 2. The van der Waals surface area contributed by atoms with Gasteiger partial charge in [0.1, 0.15) is 5.82 Å². The van der Waals surface area contributed by atoms with Gasteiger partial charge in [-0.15, -0.1) is 0 Å². The lowest BCUT2D eigenvalue weighted by Gasteiger charge is -2.26. The van der Waals surface area contributed by atoms with E-state index in [9.17, 15) is 9.18 Å². The minimum Gasteiger partial charge on any atom is -0.354 e. The van der Waals surface area contributed by atoms with Gasteiger partial charge < -0.3 is 11.1 Å². The molecule has 1 aromatic carbocycles. The van der Waals surface area contributed by atoms with E-state index in [1.807, 2.05) is 19.9 Å². The lowest BCUT2D eigenvalue weighted by Crippen LogP contribution is -2.43. The van der Waals surface area contributed by atoms with Gasteiger partial charge in [0.15, 0.2) is 0 Å². The second-order valence-electron chi connectivity index (χ2n) is 4.90. The summed E-state index contributed by atoms with van der Waals surface area (Å²) in [7, 11) is 0. The van der Waals surface area contributed by atoms with Crippen LogP contribution in [0.5, 0.6) is 0 Å². The second-order valence-corrected chi connectivity index (χ2v) is 4.90. The van der Waals surface area contributed by atoms with E-state index in [0.717, 1.165) is 5.56 Å². The summed E-state index contributed by atoms with van der Waals surface area (Å²) in [4.78, 5) is 11.4. The van der Waals surface area contributed by atoms with Crippen molar-refractivity contribution in [2.45, 2.75) is 32.2 Å². The summed E-state index contributed by atoms with van der Waals surface area (Å²) in [5.74, 6) is -0.469. The molecule has 0 saturated heterocycles. The highest BCUT2D eigenvalue weighted by molar-refractivity contribution is 5.81. The number of carbonyl (C=O) groups is 1. The van der Waals surface area contributed by atoms with Crippen LogP contribution >= 0.6 is 0 Å². The first-order chi connectivity index (χ1) is 7.83. The molecule has 0 saturated carbocycles. The number of rotatable bonds is 4. The van der Waals surface area contributed by atoms with E-state index < -0.39 is 6.04 Å². The Hall–Kier alpha value is -1.42. The van der Waals surface area contributed by atoms with Gasteiger partial charge in [0.2, 0.25) is 5.91 Å². The molecule has 3 nitrogen and oxygen atoms in total. The highest BCUT2D eigenvalue weighted by Crippen LogP contribution is 2.22. The van der Waals surface area contributed by atoms with Crippen LogP contribution in [0.1, 0.15) is 26.3 Å². The quantitative estimate of drug-likeness (QED) is 0.836. The van der Waals surface area contributed by atoms with Crippen LogP contribution in [-0.4, -0.2) is 18.5 Å². The largest absolute Gasteiger partial charge is 0.354 e. The van der Waals surface area contributed by atoms with Crippen LogP contribution in [0, 0.1) is 5.82 Å². The molecule has 0 bridgehead atoms. The van der Waals surface area contributed by atoms with E-state index in [1.165, 1.54) is 12.1 Å². The third kappa shape index (κ3) is 3.82. The fourth-order valence-electron chi connectivity index (χ4n) is 1.48. The molecule has 3 N–H and O–H groups in total. The predicted molar refractivity (Wildman–Crippen MR) is 66.1 cm³/mol. The molecule has 0 unspecified atom stereocenters. The van der Waals surface area contributed by atoms with E-state index in [2.05, 4.69) is 5.32 Å². The van der Waals surface area contributed by atoms with Crippen molar-refractivity contribution in [1.82, 2.24) is 5.32 Å². The zero-order chi connectivity index (χ0) is 13.1. The molecule has 17 heavy (non-hydrogen) atoms. The average Bonchev–Trinajstić information content (AvgIpc) is 2.26. The van der Waals surface area contributed by atoms with Crippen LogP contribution in [0.15, 0.2) is 24.3 Å². The summed E-state index contributed by atoms with van der Waals surface area (Å²) in [6.07, 6.45) is 0. The van der Waals surface area contributed by atoms with E-state index in [1.54, 1.807) is 13.0 Å². The summed E-state index contributed by atoms with van der Waals surface area (Å²) in [6, 6.07) is 5.87. The molecule has 0 aliphatic carbocycles. The van der Waals surface area contributed by atoms with Crippen molar-refractivity contribution >= 4 is 5.91 Å². The zero-order valence-electron chi connectivity index (χ0n) is 10.5. The molecular weight excluding hydrogens is 219 g/mol. The van der Waals surface area contributed by atoms with Gasteiger partial charge in [-0.1, -0.05) is 26.0 Å². The molecule has 0 aromatic heterocycles. The van der Waals surface area contributed by atoms with Crippen molar-refractivity contribution in [2.24, 2.45) is 5.73 Å². The highest BCUT2D eigenvalue weighted by atomic mass is 19.1. The van der Waals surface area contributed by atoms with E-state index in [-0.39, 0.29) is 17.1 Å². The van der Waals surface area contributed by atoms with Crippen LogP contribution in [0.4, 0.5) is 4.39 Å². The van der Waals surface area contributed by atoms with Crippen molar-refractivity contribution in [3.8, 4) is 0 Å². The van der Waals surface area contributed by atoms with Crippen molar-refractivity contribution in [1.29, 1.82) is 0 Å². The zero-order valence-corrected chi connectivity index (χ0v) is 10.5. The van der Waals surface area contributed by atoms with E-state index in [0.29, 0.717) is 6.54 Å². The van der Waals surface area contributed by atoms with Crippen molar-refractivity contribution in [3.63, 3.8) is 0 Å². The number of benzene rings is 1. The summed E-state index contributed by atoms with van der Waals surface area (Å²) in [6.45, 7) is 5.95. The van der Waals surface area contributed by atoms with Gasteiger partial charge >= 0.3 is 0 Å². The summed E-state index contributed by atoms with van der Waals surface area (Å²) < 4.78 is 13.1. The molecule has 1 atom stereocenters. The smallest absolute Gasteiger partial charge is 0.236 e. The Morgan fingerprint density at radius 3 is 2.71 bits per heavy atom. The number of carbonyl (C=O) groups excluding carboxylic acids is 1. The van der Waals surface area contributed by atoms with Gasteiger partial charge in [-0.2, -0.15) is 0 Å². The molecule has 1 rings (SSSR count). The molecule has 0 fully saturated rings. The SMILES string of the molecule is C[C@H](N)C(=O)NCC(C)(C)c1cccc(F)c1. The van der Waals surface area contributed by atoms with Crippen molar-refractivity contribution in [3.05, 3.63) is 35.6 Å². The normalized spacial score (nSPS) is 13.2.